The molecule has 3 rings (SSSR count). The third-order valence-electron chi connectivity index (χ3n) is 4.63. The van der Waals surface area contributed by atoms with Crippen LogP contribution < -0.4 is 20.3 Å². The molecule has 0 bridgehead atoms. The van der Waals surface area contributed by atoms with Crippen LogP contribution in [-0.2, 0) is 6.18 Å². The van der Waals surface area contributed by atoms with Gasteiger partial charge in [-0.05, 0) is 47.5 Å². The van der Waals surface area contributed by atoms with Crippen molar-refractivity contribution in [3.05, 3.63) is 83.4 Å². The molecule has 3 aromatic rings. The van der Waals surface area contributed by atoms with E-state index in [0.29, 0.717) is 22.6 Å². The van der Waals surface area contributed by atoms with Gasteiger partial charge in [0.15, 0.2) is 11.5 Å². The van der Waals surface area contributed by atoms with Gasteiger partial charge in [-0.2, -0.15) is 13.2 Å². The lowest BCUT2D eigenvalue weighted by Gasteiger charge is -2.13. The second-order valence-electron chi connectivity index (χ2n) is 6.60. The second-order valence-corrected chi connectivity index (χ2v) is 6.60. The van der Waals surface area contributed by atoms with E-state index in [0.717, 1.165) is 12.1 Å². The van der Waals surface area contributed by atoms with Crippen LogP contribution in [0.15, 0.2) is 66.7 Å². The minimum Gasteiger partial charge on any atom is -0.493 e. The molecule has 9 heteroatoms. The molecular formula is C23H19F3N2O4. The monoisotopic (exact) mass is 444 g/mol. The molecule has 0 aliphatic rings. The van der Waals surface area contributed by atoms with Crippen molar-refractivity contribution < 1.29 is 32.2 Å². The highest BCUT2D eigenvalue weighted by Crippen LogP contribution is 2.32. The number of carbonyl (C=O) groups is 2. The van der Waals surface area contributed by atoms with Crippen molar-refractivity contribution in [2.24, 2.45) is 0 Å². The van der Waals surface area contributed by atoms with Gasteiger partial charge in [-0.1, -0.05) is 30.3 Å². The van der Waals surface area contributed by atoms with Crippen molar-refractivity contribution in [2.75, 3.05) is 14.2 Å². The molecule has 0 atom stereocenters. The molecular weight excluding hydrogens is 425 g/mol. The molecule has 0 fully saturated rings. The van der Waals surface area contributed by atoms with E-state index in [1.165, 1.54) is 44.6 Å². The second kappa shape index (κ2) is 9.42. The maximum atomic E-state index is 12.8. The van der Waals surface area contributed by atoms with Gasteiger partial charge in [-0.25, -0.2) is 0 Å². The molecule has 0 aliphatic heterocycles. The molecule has 0 aliphatic carbocycles. The summed E-state index contributed by atoms with van der Waals surface area (Å²) in [6, 6.07) is 15.4. The van der Waals surface area contributed by atoms with E-state index in [1.807, 2.05) is 0 Å². The standard InChI is InChI=1S/C23H19F3N2O4/c1-31-19-12-9-15(13-20(19)32-2)21(29)27-28-22(30)18-6-4-3-5-17(18)14-7-10-16(11-8-14)23(24,25)26/h3-13H,1-2H3,(H,27,29)(H,28,30). The van der Waals surface area contributed by atoms with Crippen molar-refractivity contribution in [1.29, 1.82) is 0 Å². The van der Waals surface area contributed by atoms with Gasteiger partial charge < -0.3 is 9.47 Å². The van der Waals surface area contributed by atoms with E-state index in [2.05, 4.69) is 10.9 Å². The van der Waals surface area contributed by atoms with Crippen LogP contribution in [0.25, 0.3) is 11.1 Å². The van der Waals surface area contributed by atoms with Crippen molar-refractivity contribution in [1.82, 2.24) is 10.9 Å². The van der Waals surface area contributed by atoms with Crippen LogP contribution >= 0.6 is 0 Å². The van der Waals surface area contributed by atoms with E-state index in [4.69, 9.17) is 9.47 Å². The first-order chi connectivity index (χ1) is 15.2. The summed E-state index contributed by atoms with van der Waals surface area (Å²) in [6.45, 7) is 0. The predicted molar refractivity (Wildman–Crippen MR) is 111 cm³/mol. The molecule has 0 aromatic heterocycles. The molecule has 3 aromatic carbocycles. The van der Waals surface area contributed by atoms with Gasteiger partial charge in [0.2, 0.25) is 0 Å². The summed E-state index contributed by atoms with van der Waals surface area (Å²) < 4.78 is 48.7. The number of hydrazine groups is 1. The first-order valence-electron chi connectivity index (χ1n) is 9.34. The zero-order chi connectivity index (χ0) is 23.3. The molecule has 6 nitrogen and oxygen atoms in total. The number of nitrogens with one attached hydrogen (secondary N) is 2. The fourth-order valence-corrected chi connectivity index (χ4v) is 3.00. The molecule has 0 unspecified atom stereocenters. The van der Waals surface area contributed by atoms with Crippen molar-refractivity contribution >= 4 is 11.8 Å². The Hall–Kier alpha value is -4.01. The third-order valence-corrected chi connectivity index (χ3v) is 4.63. The van der Waals surface area contributed by atoms with Gasteiger partial charge in [0.1, 0.15) is 0 Å². The van der Waals surface area contributed by atoms with Crippen LogP contribution in [0.2, 0.25) is 0 Å². The van der Waals surface area contributed by atoms with Crippen LogP contribution in [0, 0.1) is 0 Å². The number of ether oxygens (including phenoxy) is 2. The Morgan fingerprint density at radius 1 is 0.781 bits per heavy atom. The van der Waals surface area contributed by atoms with Gasteiger partial charge in [0, 0.05) is 11.1 Å². The fraction of sp³-hybridized carbons (Fsp3) is 0.130. The summed E-state index contributed by atoms with van der Waals surface area (Å²) in [5.74, 6) is -0.432. The maximum Gasteiger partial charge on any atom is 0.416 e. The minimum absolute atomic E-state index is 0.180. The van der Waals surface area contributed by atoms with E-state index in [9.17, 15) is 22.8 Å². The van der Waals surface area contributed by atoms with E-state index >= 15 is 0 Å². The molecule has 2 amide bonds. The summed E-state index contributed by atoms with van der Waals surface area (Å²) in [5.41, 5.74) is 5.09. The fourth-order valence-electron chi connectivity index (χ4n) is 3.00. The Morgan fingerprint density at radius 2 is 1.41 bits per heavy atom. The molecule has 0 saturated heterocycles. The quantitative estimate of drug-likeness (QED) is 0.570. The molecule has 0 saturated carbocycles. The molecule has 0 heterocycles. The summed E-state index contributed by atoms with van der Waals surface area (Å²) in [4.78, 5) is 25.1. The SMILES string of the molecule is COc1ccc(C(=O)NNC(=O)c2ccccc2-c2ccc(C(F)(F)F)cc2)cc1OC. The highest BCUT2D eigenvalue weighted by atomic mass is 19.4. The molecule has 166 valence electrons. The van der Waals surface area contributed by atoms with Gasteiger partial charge in [-0.3, -0.25) is 20.4 Å². The molecule has 2 N–H and O–H groups in total. The Balaban J connectivity index is 1.76. The average Bonchev–Trinajstić information content (AvgIpc) is 2.81. The lowest BCUT2D eigenvalue weighted by atomic mass is 9.98. The van der Waals surface area contributed by atoms with E-state index < -0.39 is 23.6 Å². The summed E-state index contributed by atoms with van der Waals surface area (Å²) in [5, 5.41) is 0. The highest BCUT2D eigenvalue weighted by Gasteiger charge is 2.30. The van der Waals surface area contributed by atoms with Crippen LogP contribution in [0.3, 0.4) is 0 Å². The van der Waals surface area contributed by atoms with Crippen LogP contribution in [0.1, 0.15) is 26.3 Å². The number of halogens is 3. The smallest absolute Gasteiger partial charge is 0.416 e. The Morgan fingerprint density at radius 3 is 2.03 bits per heavy atom. The summed E-state index contributed by atoms with van der Waals surface area (Å²) >= 11 is 0. The van der Waals surface area contributed by atoms with Crippen LogP contribution in [0.4, 0.5) is 13.2 Å². The number of hydrogen-bond acceptors (Lipinski definition) is 4. The van der Waals surface area contributed by atoms with E-state index in [1.54, 1.807) is 24.3 Å². The van der Waals surface area contributed by atoms with Crippen molar-refractivity contribution in [2.45, 2.75) is 6.18 Å². The number of benzene rings is 3. The van der Waals surface area contributed by atoms with Gasteiger partial charge >= 0.3 is 6.18 Å². The number of methoxy groups -OCH3 is 2. The zero-order valence-electron chi connectivity index (χ0n) is 17.1. The average molecular weight is 444 g/mol. The van der Waals surface area contributed by atoms with Crippen LogP contribution in [-0.4, -0.2) is 26.0 Å². The van der Waals surface area contributed by atoms with Crippen LogP contribution in [0.5, 0.6) is 11.5 Å². The topological polar surface area (TPSA) is 76.7 Å². The van der Waals surface area contributed by atoms with Gasteiger partial charge in [0.05, 0.1) is 19.8 Å². The Kier molecular flexibility index (Phi) is 6.67. The number of carbonyl (C=O) groups excluding carboxylic acids is 2. The Labute approximate surface area is 181 Å². The first kappa shape index (κ1) is 22.7. The van der Waals surface area contributed by atoms with Crippen molar-refractivity contribution in [3.8, 4) is 22.6 Å². The lowest BCUT2D eigenvalue weighted by molar-refractivity contribution is -0.137. The summed E-state index contributed by atoms with van der Waals surface area (Å²) in [7, 11) is 2.89. The largest absolute Gasteiger partial charge is 0.493 e. The molecule has 32 heavy (non-hydrogen) atoms. The molecule has 0 spiro atoms. The van der Waals surface area contributed by atoms with Crippen molar-refractivity contribution in [3.63, 3.8) is 0 Å². The number of alkyl halides is 3. The Bertz CT molecular complexity index is 1130. The minimum atomic E-state index is -4.45. The van der Waals surface area contributed by atoms with E-state index in [-0.39, 0.29) is 11.1 Å². The van der Waals surface area contributed by atoms with Gasteiger partial charge in [0.25, 0.3) is 11.8 Å². The number of rotatable bonds is 5. The third kappa shape index (κ3) is 5.00. The lowest BCUT2D eigenvalue weighted by Crippen LogP contribution is -2.41. The van der Waals surface area contributed by atoms with Gasteiger partial charge in [-0.15, -0.1) is 0 Å². The highest BCUT2D eigenvalue weighted by molar-refractivity contribution is 6.03. The normalized spacial score (nSPS) is 10.9. The summed E-state index contributed by atoms with van der Waals surface area (Å²) in [6.07, 6.45) is -4.45. The number of hydrogen-bond donors (Lipinski definition) is 2. The maximum absolute atomic E-state index is 12.8. The molecule has 0 radical (unpaired) electrons. The zero-order valence-corrected chi connectivity index (χ0v) is 17.1. The number of amides is 2. The predicted octanol–water partition coefficient (Wildman–Crippen LogP) is 4.46. The first-order valence-corrected chi connectivity index (χ1v) is 9.34.